The van der Waals surface area contributed by atoms with Crippen LogP contribution in [0.1, 0.15) is 51.9 Å². The molecule has 0 spiro atoms. The molecule has 2 fully saturated rings. The molecule has 0 amide bonds. The van der Waals surface area contributed by atoms with Gasteiger partial charge in [-0.3, -0.25) is 4.79 Å². The number of hydrogen-bond acceptors (Lipinski definition) is 2. The van der Waals surface area contributed by atoms with Gasteiger partial charge >= 0.3 is 5.97 Å². The first kappa shape index (κ1) is 10.0. The third kappa shape index (κ3) is 2.28. The van der Waals surface area contributed by atoms with E-state index in [1.807, 2.05) is 0 Å². The van der Waals surface area contributed by atoms with E-state index in [9.17, 15) is 4.79 Å². The number of esters is 1. The van der Waals surface area contributed by atoms with E-state index >= 15 is 0 Å². The molecule has 14 heavy (non-hydrogen) atoms. The summed E-state index contributed by atoms with van der Waals surface area (Å²) >= 11 is 0. The molecule has 0 aromatic carbocycles. The second-order valence-corrected chi connectivity index (χ2v) is 4.85. The zero-order valence-corrected chi connectivity index (χ0v) is 9.00. The van der Waals surface area contributed by atoms with Crippen molar-refractivity contribution in [2.24, 2.45) is 11.8 Å². The lowest BCUT2D eigenvalue weighted by Crippen LogP contribution is -2.32. The Balaban J connectivity index is 1.86. The maximum absolute atomic E-state index is 10.8. The average Bonchev–Trinajstić information content (AvgIpc) is 2.17. The predicted octanol–water partition coefficient (Wildman–Crippen LogP) is 2.91. The number of fused-ring (bicyclic) bond motifs is 1. The van der Waals surface area contributed by atoms with Crippen LogP contribution >= 0.6 is 0 Å². The van der Waals surface area contributed by atoms with Crippen molar-refractivity contribution in [1.29, 1.82) is 0 Å². The molecule has 2 nitrogen and oxygen atoms in total. The Morgan fingerprint density at radius 1 is 1.07 bits per heavy atom. The van der Waals surface area contributed by atoms with Gasteiger partial charge in [-0.2, -0.15) is 0 Å². The van der Waals surface area contributed by atoms with Crippen molar-refractivity contribution in [1.82, 2.24) is 0 Å². The van der Waals surface area contributed by atoms with Crippen LogP contribution in [0.4, 0.5) is 0 Å². The zero-order chi connectivity index (χ0) is 9.97. The Labute approximate surface area is 86.0 Å². The predicted molar refractivity (Wildman–Crippen MR) is 54.9 cm³/mol. The lowest BCUT2D eigenvalue weighted by Gasteiger charge is -2.38. The number of carbonyl (C=O) groups excluding carboxylic acids is 1. The van der Waals surface area contributed by atoms with E-state index in [1.54, 1.807) is 0 Å². The van der Waals surface area contributed by atoms with Gasteiger partial charge in [0.15, 0.2) is 0 Å². The van der Waals surface area contributed by atoms with Crippen LogP contribution in [0, 0.1) is 11.8 Å². The van der Waals surface area contributed by atoms with E-state index in [-0.39, 0.29) is 12.1 Å². The highest BCUT2D eigenvalue weighted by atomic mass is 16.5. The SMILES string of the molecule is CC(=O)O[C@H]1CCC2CCCCC2C1. The number of hydrogen-bond donors (Lipinski definition) is 0. The number of carbonyl (C=O) groups is 1. The van der Waals surface area contributed by atoms with E-state index < -0.39 is 0 Å². The van der Waals surface area contributed by atoms with Crippen molar-refractivity contribution in [3.63, 3.8) is 0 Å². The molecule has 0 radical (unpaired) electrons. The van der Waals surface area contributed by atoms with Crippen LogP contribution in [-0.4, -0.2) is 12.1 Å². The second-order valence-electron chi connectivity index (χ2n) is 4.85. The van der Waals surface area contributed by atoms with Crippen LogP contribution in [0.2, 0.25) is 0 Å². The molecule has 0 N–H and O–H groups in total. The van der Waals surface area contributed by atoms with E-state index in [1.165, 1.54) is 39.0 Å². The minimum atomic E-state index is -0.107. The average molecular weight is 196 g/mol. The highest BCUT2D eigenvalue weighted by Crippen LogP contribution is 2.41. The van der Waals surface area contributed by atoms with Gasteiger partial charge in [-0.15, -0.1) is 0 Å². The fraction of sp³-hybridized carbons (Fsp3) is 0.917. The van der Waals surface area contributed by atoms with Crippen molar-refractivity contribution in [2.75, 3.05) is 0 Å². The Morgan fingerprint density at radius 2 is 1.79 bits per heavy atom. The van der Waals surface area contributed by atoms with Gasteiger partial charge in [-0.25, -0.2) is 0 Å². The quantitative estimate of drug-likeness (QED) is 0.603. The minimum absolute atomic E-state index is 0.107. The van der Waals surface area contributed by atoms with E-state index in [0.717, 1.165) is 24.7 Å². The van der Waals surface area contributed by atoms with Gasteiger partial charge in [0.2, 0.25) is 0 Å². The molecule has 0 heterocycles. The van der Waals surface area contributed by atoms with Crippen LogP contribution in [0.3, 0.4) is 0 Å². The number of ether oxygens (including phenoxy) is 1. The first-order valence-corrected chi connectivity index (χ1v) is 5.93. The molecule has 80 valence electrons. The fourth-order valence-corrected chi connectivity index (χ4v) is 3.17. The van der Waals surface area contributed by atoms with Gasteiger partial charge in [0.25, 0.3) is 0 Å². The Kier molecular flexibility index (Phi) is 3.09. The summed E-state index contributed by atoms with van der Waals surface area (Å²) in [6.45, 7) is 1.52. The second kappa shape index (κ2) is 4.33. The Bertz CT molecular complexity index is 212. The summed E-state index contributed by atoms with van der Waals surface area (Å²) < 4.78 is 5.30. The van der Waals surface area contributed by atoms with Gasteiger partial charge < -0.3 is 4.74 Å². The van der Waals surface area contributed by atoms with Crippen LogP contribution in [0.25, 0.3) is 0 Å². The molecule has 2 heteroatoms. The van der Waals surface area contributed by atoms with E-state index in [4.69, 9.17) is 4.74 Å². The summed E-state index contributed by atoms with van der Waals surface area (Å²) in [5.74, 6) is 1.68. The summed E-state index contributed by atoms with van der Waals surface area (Å²) in [5, 5.41) is 0. The van der Waals surface area contributed by atoms with Gasteiger partial charge in [-0.05, 0) is 31.1 Å². The van der Waals surface area contributed by atoms with E-state index in [2.05, 4.69) is 0 Å². The molecule has 0 bridgehead atoms. The third-order valence-electron chi connectivity index (χ3n) is 3.82. The molecule has 0 aliphatic heterocycles. The molecule has 0 aromatic heterocycles. The minimum Gasteiger partial charge on any atom is -0.463 e. The molecular weight excluding hydrogens is 176 g/mol. The summed E-state index contributed by atoms with van der Waals surface area (Å²) in [5.41, 5.74) is 0. The summed E-state index contributed by atoms with van der Waals surface area (Å²) in [6.07, 6.45) is 9.31. The Morgan fingerprint density at radius 3 is 2.50 bits per heavy atom. The summed E-state index contributed by atoms with van der Waals surface area (Å²) in [6, 6.07) is 0. The molecule has 2 aliphatic rings. The van der Waals surface area contributed by atoms with Gasteiger partial charge in [0, 0.05) is 6.92 Å². The van der Waals surface area contributed by atoms with Crippen molar-refractivity contribution < 1.29 is 9.53 Å². The van der Waals surface area contributed by atoms with Gasteiger partial charge in [0.05, 0.1) is 0 Å². The molecule has 2 saturated carbocycles. The fourth-order valence-electron chi connectivity index (χ4n) is 3.17. The highest BCUT2D eigenvalue weighted by molar-refractivity contribution is 5.66. The molecule has 3 atom stereocenters. The maximum atomic E-state index is 10.8. The molecular formula is C12H20O2. The van der Waals surface area contributed by atoms with Crippen molar-refractivity contribution in [3.05, 3.63) is 0 Å². The lowest BCUT2D eigenvalue weighted by atomic mass is 9.70. The summed E-state index contributed by atoms with van der Waals surface area (Å²) in [4.78, 5) is 10.8. The van der Waals surface area contributed by atoms with Crippen LogP contribution in [0.15, 0.2) is 0 Å². The van der Waals surface area contributed by atoms with Crippen molar-refractivity contribution in [2.45, 2.75) is 58.0 Å². The van der Waals surface area contributed by atoms with Crippen LogP contribution in [-0.2, 0) is 9.53 Å². The van der Waals surface area contributed by atoms with Crippen LogP contribution in [0.5, 0.6) is 0 Å². The summed E-state index contributed by atoms with van der Waals surface area (Å²) in [7, 11) is 0. The first-order chi connectivity index (χ1) is 6.75. The molecule has 2 unspecified atom stereocenters. The molecule has 2 aliphatic carbocycles. The normalized spacial score (nSPS) is 37.4. The van der Waals surface area contributed by atoms with E-state index in [0.29, 0.717) is 0 Å². The van der Waals surface area contributed by atoms with Crippen molar-refractivity contribution in [3.8, 4) is 0 Å². The van der Waals surface area contributed by atoms with Crippen LogP contribution < -0.4 is 0 Å². The largest absolute Gasteiger partial charge is 0.463 e. The van der Waals surface area contributed by atoms with Crippen molar-refractivity contribution >= 4 is 5.97 Å². The monoisotopic (exact) mass is 196 g/mol. The smallest absolute Gasteiger partial charge is 0.302 e. The Hall–Kier alpha value is -0.530. The van der Waals surface area contributed by atoms with Gasteiger partial charge in [-0.1, -0.05) is 25.7 Å². The number of rotatable bonds is 1. The molecule has 2 rings (SSSR count). The third-order valence-corrected chi connectivity index (χ3v) is 3.82. The lowest BCUT2D eigenvalue weighted by molar-refractivity contribution is -0.149. The first-order valence-electron chi connectivity index (χ1n) is 5.93. The molecule has 0 saturated heterocycles. The zero-order valence-electron chi connectivity index (χ0n) is 9.00. The highest BCUT2D eigenvalue weighted by Gasteiger charge is 2.33. The molecule has 0 aromatic rings. The maximum Gasteiger partial charge on any atom is 0.302 e. The van der Waals surface area contributed by atoms with Gasteiger partial charge in [0.1, 0.15) is 6.10 Å². The topological polar surface area (TPSA) is 26.3 Å². The standard InChI is InChI=1S/C12H20O2/c1-9(13)14-12-7-6-10-4-2-3-5-11(10)8-12/h10-12H,2-8H2,1H3/t10?,11?,12-/m0/s1.